The lowest BCUT2D eigenvalue weighted by atomic mass is 10.1. The molecule has 9 heteroatoms. The van der Waals surface area contributed by atoms with Crippen LogP contribution in [0.15, 0.2) is 53.4 Å². The minimum Gasteiger partial charge on any atom is -0.497 e. The minimum absolute atomic E-state index is 0.251. The molecule has 0 aliphatic carbocycles. The molecule has 0 radical (unpaired) electrons. The van der Waals surface area contributed by atoms with Gasteiger partial charge in [-0.3, -0.25) is 4.68 Å². The Bertz CT molecular complexity index is 1160. The molecule has 0 N–H and O–H groups in total. The van der Waals surface area contributed by atoms with E-state index in [1.807, 2.05) is 36.0 Å². The first-order valence-electron chi connectivity index (χ1n) is 9.88. The molecule has 0 amide bonds. The number of sulfonamides is 1. The van der Waals surface area contributed by atoms with Crippen molar-refractivity contribution < 1.29 is 17.9 Å². The molecule has 0 unspecified atom stereocenters. The van der Waals surface area contributed by atoms with Gasteiger partial charge in [0.2, 0.25) is 10.0 Å². The van der Waals surface area contributed by atoms with Crippen molar-refractivity contribution in [3.8, 4) is 5.75 Å². The summed E-state index contributed by atoms with van der Waals surface area (Å²) < 4.78 is 40.6. The first-order chi connectivity index (χ1) is 14.9. The number of aryl methyl sites for hydroxylation is 1. The monoisotopic (exact) mass is 461 g/mol. The SMILES string of the molecule is COc1ccc(S(=O)(=O)N2CCc3c(c(COCc4ccc(Cl)cc4)nn3C)C2)cc1. The van der Waals surface area contributed by atoms with Crippen molar-refractivity contribution in [2.24, 2.45) is 7.05 Å². The Morgan fingerprint density at radius 3 is 2.45 bits per heavy atom. The van der Waals surface area contributed by atoms with E-state index in [-0.39, 0.29) is 11.4 Å². The zero-order valence-corrected chi connectivity index (χ0v) is 19.0. The lowest BCUT2D eigenvalue weighted by Crippen LogP contribution is -2.36. The molecular formula is C22H24ClN3O4S. The van der Waals surface area contributed by atoms with Crippen LogP contribution in [0.5, 0.6) is 5.75 Å². The third kappa shape index (κ3) is 4.62. The van der Waals surface area contributed by atoms with Crippen molar-refractivity contribution in [2.75, 3.05) is 13.7 Å². The highest BCUT2D eigenvalue weighted by Gasteiger charge is 2.32. The maximum absolute atomic E-state index is 13.2. The average Bonchev–Trinajstić information content (AvgIpc) is 3.10. The van der Waals surface area contributed by atoms with Crippen LogP contribution in [-0.2, 0) is 48.0 Å². The fourth-order valence-electron chi connectivity index (χ4n) is 3.71. The van der Waals surface area contributed by atoms with Crippen LogP contribution in [0.1, 0.15) is 22.5 Å². The molecule has 1 aliphatic heterocycles. The Hall–Kier alpha value is -2.39. The number of hydrogen-bond donors (Lipinski definition) is 0. The van der Waals surface area contributed by atoms with Crippen molar-refractivity contribution in [1.29, 1.82) is 0 Å². The maximum atomic E-state index is 13.2. The molecule has 4 rings (SSSR count). The normalized spacial score (nSPS) is 14.4. The summed E-state index contributed by atoms with van der Waals surface area (Å²) in [6, 6.07) is 13.9. The van der Waals surface area contributed by atoms with E-state index in [0.717, 1.165) is 22.5 Å². The van der Waals surface area contributed by atoms with Crippen LogP contribution in [0.2, 0.25) is 5.02 Å². The molecule has 164 valence electrons. The number of rotatable bonds is 7. The number of nitrogens with zero attached hydrogens (tertiary/aromatic N) is 3. The van der Waals surface area contributed by atoms with Crippen LogP contribution >= 0.6 is 11.6 Å². The summed E-state index contributed by atoms with van der Waals surface area (Å²) in [5.41, 5.74) is 3.74. The van der Waals surface area contributed by atoms with E-state index in [1.165, 1.54) is 4.31 Å². The molecule has 0 atom stereocenters. The van der Waals surface area contributed by atoms with Gasteiger partial charge in [0, 0.05) is 42.8 Å². The van der Waals surface area contributed by atoms with E-state index in [4.69, 9.17) is 21.1 Å². The molecule has 0 fully saturated rings. The second kappa shape index (κ2) is 9.00. The van der Waals surface area contributed by atoms with Crippen LogP contribution in [0, 0.1) is 0 Å². The predicted octanol–water partition coefficient (Wildman–Crippen LogP) is 3.55. The first kappa shape index (κ1) is 21.8. The lowest BCUT2D eigenvalue weighted by molar-refractivity contribution is 0.103. The van der Waals surface area contributed by atoms with Crippen molar-refractivity contribution in [1.82, 2.24) is 14.1 Å². The van der Waals surface area contributed by atoms with E-state index in [1.54, 1.807) is 31.4 Å². The fraction of sp³-hybridized carbons (Fsp3) is 0.318. The highest BCUT2D eigenvalue weighted by atomic mass is 35.5. The minimum atomic E-state index is -3.62. The molecule has 2 heterocycles. The van der Waals surface area contributed by atoms with Gasteiger partial charge in [-0.25, -0.2) is 8.42 Å². The molecule has 1 aromatic heterocycles. The van der Waals surface area contributed by atoms with Gasteiger partial charge in [0.05, 0.1) is 30.9 Å². The van der Waals surface area contributed by atoms with Gasteiger partial charge in [0.15, 0.2) is 0 Å². The maximum Gasteiger partial charge on any atom is 0.243 e. The van der Waals surface area contributed by atoms with Gasteiger partial charge in [-0.1, -0.05) is 23.7 Å². The summed E-state index contributed by atoms with van der Waals surface area (Å²) in [7, 11) is -0.183. The van der Waals surface area contributed by atoms with E-state index >= 15 is 0 Å². The number of methoxy groups -OCH3 is 1. The summed E-state index contributed by atoms with van der Waals surface area (Å²) in [4.78, 5) is 0.251. The van der Waals surface area contributed by atoms with Crippen molar-refractivity contribution in [3.05, 3.63) is 76.1 Å². The summed E-state index contributed by atoms with van der Waals surface area (Å²) in [6.07, 6.45) is 0.603. The summed E-state index contributed by atoms with van der Waals surface area (Å²) in [5, 5.41) is 5.26. The van der Waals surface area contributed by atoms with E-state index in [2.05, 4.69) is 5.10 Å². The standard InChI is InChI=1S/C22H24ClN3O4S/c1-25-22-11-12-26(31(27,28)19-9-7-18(29-2)8-10-19)13-20(22)21(24-25)15-30-14-16-3-5-17(23)6-4-16/h3-10H,11-15H2,1-2H3. The van der Waals surface area contributed by atoms with E-state index in [0.29, 0.717) is 37.0 Å². The first-order valence-corrected chi connectivity index (χ1v) is 11.7. The zero-order valence-electron chi connectivity index (χ0n) is 17.4. The molecule has 3 aromatic rings. The molecule has 7 nitrogen and oxygen atoms in total. The van der Waals surface area contributed by atoms with Crippen LogP contribution in [0.25, 0.3) is 0 Å². The average molecular weight is 462 g/mol. The Kier molecular flexibility index (Phi) is 6.34. The number of halogens is 1. The summed E-state index contributed by atoms with van der Waals surface area (Å²) in [5.74, 6) is 0.618. The molecule has 1 aliphatic rings. The second-order valence-corrected chi connectivity index (χ2v) is 9.75. The Labute approximate surface area is 187 Å². The summed E-state index contributed by atoms with van der Waals surface area (Å²) >= 11 is 5.92. The lowest BCUT2D eigenvalue weighted by Gasteiger charge is -2.27. The summed E-state index contributed by atoms with van der Waals surface area (Å²) in [6.45, 7) is 1.42. The highest BCUT2D eigenvalue weighted by Crippen LogP contribution is 2.28. The van der Waals surface area contributed by atoms with Crippen molar-refractivity contribution in [2.45, 2.75) is 31.1 Å². The quantitative estimate of drug-likeness (QED) is 0.538. The van der Waals surface area contributed by atoms with Crippen molar-refractivity contribution >= 4 is 21.6 Å². The number of aromatic nitrogens is 2. The van der Waals surface area contributed by atoms with Crippen LogP contribution in [-0.4, -0.2) is 36.2 Å². The van der Waals surface area contributed by atoms with Crippen LogP contribution < -0.4 is 4.74 Å². The number of benzene rings is 2. The predicted molar refractivity (Wildman–Crippen MR) is 117 cm³/mol. The van der Waals surface area contributed by atoms with Gasteiger partial charge in [0.1, 0.15) is 5.75 Å². The molecule has 0 saturated carbocycles. The molecule has 2 aromatic carbocycles. The number of ether oxygens (including phenoxy) is 2. The van der Waals surface area contributed by atoms with Gasteiger partial charge in [-0.2, -0.15) is 9.40 Å². The molecule has 0 spiro atoms. The van der Waals surface area contributed by atoms with Crippen LogP contribution in [0.4, 0.5) is 0 Å². The van der Waals surface area contributed by atoms with E-state index in [9.17, 15) is 8.42 Å². The Morgan fingerprint density at radius 2 is 1.77 bits per heavy atom. The fourth-order valence-corrected chi connectivity index (χ4v) is 5.24. The topological polar surface area (TPSA) is 73.7 Å². The third-order valence-corrected chi connectivity index (χ3v) is 7.52. The smallest absolute Gasteiger partial charge is 0.243 e. The Balaban J connectivity index is 1.49. The molecular weight excluding hydrogens is 438 g/mol. The zero-order chi connectivity index (χ0) is 22.0. The Morgan fingerprint density at radius 1 is 1.06 bits per heavy atom. The largest absolute Gasteiger partial charge is 0.497 e. The number of hydrogen-bond acceptors (Lipinski definition) is 5. The molecule has 0 saturated heterocycles. The van der Waals surface area contributed by atoms with Gasteiger partial charge in [-0.05, 0) is 42.0 Å². The third-order valence-electron chi connectivity index (χ3n) is 5.41. The molecule has 31 heavy (non-hydrogen) atoms. The van der Waals surface area contributed by atoms with Gasteiger partial charge < -0.3 is 9.47 Å². The van der Waals surface area contributed by atoms with E-state index < -0.39 is 10.0 Å². The second-order valence-electron chi connectivity index (χ2n) is 7.38. The highest BCUT2D eigenvalue weighted by molar-refractivity contribution is 7.89. The van der Waals surface area contributed by atoms with Gasteiger partial charge in [0.25, 0.3) is 0 Å². The van der Waals surface area contributed by atoms with Crippen LogP contribution in [0.3, 0.4) is 0 Å². The molecule has 0 bridgehead atoms. The van der Waals surface area contributed by atoms with Gasteiger partial charge >= 0.3 is 0 Å². The number of fused-ring (bicyclic) bond motifs is 1. The van der Waals surface area contributed by atoms with Crippen molar-refractivity contribution in [3.63, 3.8) is 0 Å². The van der Waals surface area contributed by atoms with Gasteiger partial charge in [-0.15, -0.1) is 0 Å².